The van der Waals surface area contributed by atoms with E-state index in [0.29, 0.717) is 12.8 Å². The first-order valence-corrected chi connectivity index (χ1v) is 16.7. The lowest BCUT2D eigenvalue weighted by Gasteiger charge is -2.38. The maximum Gasteiger partial charge on any atom is 0.410 e. The van der Waals surface area contributed by atoms with Gasteiger partial charge in [0.2, 0.25) is 29.3 Å². The molecule has 1 saturated heterocycles. The van der Waals surface area contributed by atoms with Crippen molar-refractivity contribution < 1.29 is 36.7 Å². The molecule has 1 aliphatic rings. The highest BCUT2D eigenvalue weighted by Gasteiger charge is 2.37. The van der Waals surface area contributed by atoms with Crippen molar-refractivity contribution in [3.63, 3.8) is 0 Å². The van der Waals surface area contributed by atoms with Gasteiger partial charge in [-0.25, -0.2) is 18.0 Å². The first kappa shape index (κ1) is 38.4. The highest BCUT2D eigenvalue weighted by Crippen LogP contribution is 2.35. The van der Waals surface area contributed by atoms with Gasteiger partial charge in [-0.2, -0.15) is 20.2 Å². The van der Waals surface area contributed by atoms with Crippen molar-refractivity contribution in [1.29, 1.82) is 5.26 Å². The quantitative estimate of drug-likeness (QED) is 0.207. The number of nitrogens with one attached hydrogen (secondary N) is 1. The van der Waals surface area contributed by atoms with Gasteiger partial charge in [-0.05, 0) is 73.1 Å². The highest BCUT2D eigenvalue weighted by atomic mass is 19.1. The summed E-state index contributed by atoms with van der Waals surface area (Å²) in [6, 6.07) is 6.74. The van der Waals surface area contributed by atoms with E-state index in [9.17, 15) is 23.2 Å². The molecule has 0 saturated carbocycles. The fourth-order valence-corrected chi connectivity index (χ4v) is 5.75. The molecule has 3 heterocycles. The minimum Gasteiger partial charge on any atom is -0.474 e. The minimum absolute atomic E-state index is 0.0459. The van der Waals surface area contributed by atoms with E-state index in [1.54, 1.807) is 53.5 Å². The van der Waals surface area contributed by atoms with Crippen molar-refractivity contribution in [1.82, 2.24) is 30.3 Å². The van der Waals surface area contributed by atoms with Crippen LogP contribution >= 0.6 is 0 Å². The summed E-state index contributed by atoms with van der Waals surface area (Å²) in [7, 11) is 1.68. The van der Waals surface area contributed by atoms with Crippen LogP contribution in [0.25, 0.3) is 11.6 Å². The molecule has 1 aromatic carbocycles. The topological polar surface area (TPSA) is 149 Å². The summed E-state index contributed by atoms with van der Waals surface area (Å²) in [5, 5.41) is 16.3. The van der Waals surface area contributed by atoms with Crippen LogP contribution in [0.5, 0.6) is 11.8 Å². The van der Waals surface area contributed by atoms with Crippen molar-refractivity contribution in [2.45, 2.75) is 110 Å². The molecule has 0 unspecified atom stereocenters. The second-order valence-corrected chi connectivity index (χ2v) is 14.2. The number of rotatable bonds is 13. The predicted molar refractivity (Wildman–Crippen MR) is 177 cm³/mol. The Morgan fingerprint density at radius 3 is 2.44 bits per heavy atom. The van der Waals surface area contributed by atoms with Gasteiger partial charge in [0.05, 0.1) is 30.0 Å². The van der Waals surface area contributed by atoms with Crippen molar-refractivity contribution in [3.05, 3.63) is 47.4 Å². The fraction of sp³-hybridized carbons (Fsp3) is 0.600. The summed E-state index contributed by atoms with van der Waals surface area (Å²) in [6.45, 7) is 12.6. The number of benzene rings is 1. The van der Waals surface area contributed by atoms with Gasteiger partial charge in [0.1, 0.15) is 35.6 Å². The maximum atomic E-state index is 14.8. The van der Waals surface area contributed by atoms with Gasteiger partial charge in [-0.3, -0.25) is 0 Å². The van der Waals surface area contributed by atoms with E-state index < -0.39 is 53.2 Å². The lowest BCUT2D eigenvalue weighted by atomic mass is 9.83. The molecule has 1 fully saturated rings. The highest BCUT2D eigenvalue weighted by molar-refractivity contribution is 5.68. The molecule has 0 bridgehead atoms. The van der Waals surface area contributed by atoms with Crippen LogP contribution in [0.2, 0.25) is 0 Å². The molecule has 4 rings (SSSR count). The molecule has 0 radical (unpaired) electrons. The zero-order valence-corrected chi connectivity index (χ0v) is 29.8. The van der Waals surface area contributed by atoms with Gasteiger partial charge < -0.3 is 29.0 Å². The summed E-state index contributed by atoms with van der Waals surface area (Å²) in [4.78, 5) is 27.9. The van der Waals surface area contributed by atoms with E-state index in [0.717, 1.165) is 12.1 Å². The Morgan fingerprint density at radius 1 is 1.12 bits per heavy atom. The van der Waals surface area contributed by atoms with Gasteiger partial charge in [0.25, 0.3) is 0 Å². The van der Waals surface area contributed by atoms with Gasteiger partial charge in [0.15, 0.2) is 0 Å². The van der Waals surface area contributed by atoms with Crippen LogP contribution in [0, 0.1) is 28.9 Å². The van der Waals surface area contributed by atoms with Crippen LogP contribution in [-0.2, 0) is 10.2 Å². The number of piperidine rings is 1. The Hall–Kier alpha value is -4.45. The minimum atomic E-state index is -1.35. The average Bonchev–Trinajstić information content (AvgIpc) is 3.52. The standard InChI is InChI=1S/C35H46F3N7O5/c1-20(16-22(36)19-40-8)21(2)47-27-18-28(48-24-13-15-45(23(17-24)12-14-39)33(46)49-34(3,4)5)42-30(41-27)31-43-32(50-44-31)35(6,7)29-25(37)10-9-11-26(29)38/h9-11,18,20-24,40H,12-13,15-17,19H2,1-8H3/t20-,21-,22+,23+,24-/m0/s1. The molecule has 2 aromatic heterocycles. The van der Waals surface area contributed by atoms with Crippen LogP contribution in [-0.4, -0.2) is 81.3 Å². The summed E-state index contributed by atoms with van der Waals surface area (Å²) < 4.78 is 67.4. The van der Waals surface area contributed by atoms with E-state index in [-0.39, 0.29) is 66.7 Å². The number of hydrogen-bond acceptors (Lipinski definition) is 11. The number of carbonyl (C=O) groups excluding carboxylic acids is 1. The van der Waals surface area contributed by atoms with E-state index in [4.69, 9.17) is 18.7 Å². The summed E-state index contributed by atoms with van der Waals surface area (Å²) in [5.41, 5.74) is -2.30. The molecule has 0 aliphatic carbocycles. The van der Waals surface area contributed by atoms with Crippen LogP contribution in [0.4, 0.5) is 18.0 Å². The summed E-state index contributed by atoms with van der Waals surface area (Å²) >= 11 is 0. The van der Waals surface area contributed by atoms with Gasteiger partial charge in [-0.15, -0.1) is 0 Å². The number of nitrogens with zero attached hydrogens (tertiary/aromatic N) is 6. The number of amides is 1. The van der Waals surface area contributed by atoms with Gasteiger partial charge >= 0.3 is 6.09 Å². The normalized spacial score (nSPS) is 18.6. The number of likely N-dealkylation sites (tertiary alicyclic amines) is 1. The van der Waals surface area contributed by atoms with Crippen LogP contribution in [0.3, 0.4) is 0 Å². The van der Waals surface area contributed by atoms with Crippen LogP contribution in [0.1, 0.15) is 85.6 Å². The zero-order valence-electron chi connectivity index (χ0n) is 29.8. The third kappa shape index (κ3) is 9.62. The molecule has 12 nitrogen and oxygen atoms in total. The largest absolute Gasteiger partial charge is 0.474 e. The third-order valence-corrected chi connectivity index (χ3v) is 8.50. The van der Waals surface area contributed by atoms with Crippen molar-refractivity contribution in [2.75, 3.05) is 20.1 Å². The third-order valence-electron chi connectivity index (χ3n) is 8.50. The summed E-state index contributed by atoms with van der Waals surface area (Å²) in [5.74, 6) is -1.74. The first-order chi connectivity index (χ1) is 23.5. The second-order valence-electron chi connectivity index (χ2n) is 14.2. The molecule has 1 N–H and O–H groups in total. The Kier molecular flexibility index (Phi) is 12.3. The number of hydrogen-bond donors (Lipinski definition) is 1. The van der Waals surface area contributed by atoms with E-state index >= 15 is 0 Å². The van der Waals surface area contributed by atoms with E-state index in [1.165, 1.54) is 12.1 Å². The monoisotopic (exact) mass is 701 g/mol. The second kappa shape index (κ2) is 16.1. The molecule has 50 heavy (non-hydrogen) atoms. The van der Waals surface area contributed by atoms with Crippen molar-refractivity contribution >= 4 is 6.09 Å². The van der Waals surface area contributed by atoms with Crippen LogP contribution in [0.15, 0.2) is 28.8 Å². The SMILES string of the molecule is CNC[C@H](F)C[C@H](C)[C@H](C)Oc1cc(O[C@H]2CCN(C(=O)OC(C)(C)C)[C@H](CC#N)C2)nc(-c2noc(C(C)(C)c3c(F)cccc3F)n2)n1. The predicted octanol–water partition coefficient (Wildman–Crippen LogP) is 6.54. The first-order valence-electron chi connectivity index (χ1n) is 16.7. The van der Waals surface area contributed by atoms with Crippen LogP contribution < -0.4 is 14.8 Å². The molecule has 0 spiro atoms. The molecular formula is C35H46F3N7O5. The fourth-order valence-electron chi connectivity index (χ4n) is 5.75. The van der Waals surface area contributed by atoms with Gasteiger partial charge in [0, 0.05) is 31.5 Å². The molecule has 15 heteroatoms. The van der Waals surface area contributed by atoms with E-state index in [2.05, 4.69) is 31.5 Å². The van der Waals surface area contributed by atoms with E-state index in [1.807, 2.05) is 6.92 Å². The molecular weight excluding hydrogens is 655 g/mol. The van der Waals surface area contributed by atoms with Crippen molar-refractivity contribution in [2.24, 2.45) is 5.92 Å². The Morgan fingerprint density at radius 2 is 1.80 bits per heavy atom. The van der Waals surface area contributed by atoms with Gasteiger partial charge in [-0.1, -0.05) is 18.1 Å². The molecule has 272 valence electrons. The number of nitriles is 1. The summed E-state index contributed by atoms with van der Waals surface area (Å²) in [6.07, 6.45) is -1.43. The number of alkyl halides is 1. The zero-order chi connectivity index (χ0) is 36.8. The smallest absolute Gasteiger partial charge is 0.410 e. The Balaban J connectivity index is 1.64. The molecule has 3 aromatic rings. The molecule has 1 amide bonds. The molecule has 1 aliphatic heterocycles. The Bertz CT molecular complexity index is 1640. The number of ether oxygens (including phenoxy) is 3. The van der Waals surface area contributed by atoms with Crippen molar-refractivity contribution in [3.8, 4) is 29.5 Å². The maximum absolute atomic E-state index is 14.8. The lowest BCUT2D eigenvalue weighted by molar-refractivity contribution is -0.00382. The number of aromatic nitrogens is 4. The lowest BCUT2D eigenvalue weighted by Crippen LogP contribution is -2.50. The number of halogens is 3. The number of carbonyl (C=O) groups is 1. The average molecular weight is 702 g/mol. The molecule has 5 atom stereocenters. The Labute approximate surface area is 290 Å².